The van der Waals surface area contributed by atoms with E-state index in [0.717, 1.165) is 0 Å². The van der Waals surface area contributed by atoms with E-state index in [4.69, 9.17) is 18.9 Å². The average molecular weight is 498 g/mol. The van der Waals surface area contributed by atoms with Gasteiger partial charge in [-0.05, 0) is 61.5 Å². The summed E-state index contributed by atoms with van der Waals surface area (Å²) in [6.07, 6.45) is 0. The van der Waals surface area contributed by atoms with Gasteiger partial charge in [0.15, 0.2) is 23.9 Å². The monoisotopic (exact) mass is 497 g/mol. The predicted octanol–water partition coefficient (Wildman–Crippen LogP) is 3.70. The van der Waals surface area contributed by atoms with Crippen LogP contribution in [0.3, 0.4) is 0 Å². The van der Waals surface area contributed by atoms with Gasteiger partial charge in [-0.15, -0.1) is 0 Å². The van der Waals surface area contributed by atoms with Crippen LogP contribution in [0.15, 0.2) is 71.6 Å². The second kappa shape index (κ2) is 10.5. The SMILES string of the molecule is CCOc1ccc(S(=O)(=O)Nc2ccccc2C(=O)OCC(=O)c2ccc3c(c2)OCCO3)cc1. The molecule has 35 heavy (non-hydrogen) atoms. The zero-order chi connectivity index (χ0) is 24.8. The van der Waals surface area contributed by atoms with Crippen molar-refractivity contribution >= 4 is 27.5 Å². The van der Waals surface area contributed by atoms with Crippen molar-refractivity contribution in [1.82, 2.24) is 0 Å². The molecule has 0 bridgehead atoms. The summed E-state index contributed by atoms with van der Waals surface area (Å²) in [6.45, 7) is 2.56. The number of nitrogens with one attached hydrogen (secondary N) is 1. The lowest BCUT2D eigenvalue weighted by molar-refractivity contribution is 0.0475. The molecule has 0 aliphatic carbocycles. The molecule has 10 heteroatoms. The van der Waals surface area contributed by atoms with Crippen molar-refractivity contribution in [1.29, 1.82) is 0 Å². The minimum atomic E-state index is -3.99. The Labute approximate surface area is 202 Å². The van der Waals surface area contributed by atoms with Crippen molar-refractivity contribution in [2.24, 2.45) is 0 Å². The number of hydrogen-bond donors (Lipinski definition) is 1. The predicted molar refractivity (Wildman–Crippen MR) is 127 cm³/mol. The fourth-order valence-corrected chi connectivity index (χ4v) is 4.42. The van der Waals surface area contributed by atoms with Gasteiger partial charge in [0.1, 0.15) is 19.0 Å². The van der Waals surface area contributed by atoms with Crippen LogP contribution >= 0.6 is 0 Å². The van der Waals surface area contributed by atoms with Crippen molar-refractivity contribution in [3.05, 3.63) is 77.9 Å². The van der Waals surface area contributed by atoms with Gasteiger partial charge < -0.3 is 18.9 Å². The van der Waals surface area contributed by atoms with Gasteiger partial charge in [0.05, 0.1) is 22.8 Å². The van der Waals surface area contributed by atoms with Crippen LogP contribution in [0.5, 0.6) is 17.2 Å². The molecule has 0 saturated carbocycles. The van der Waals surface area contributed by atoms with Crippen LogP contribution in [-0.4, -0.2) is 46.6 Å². The first kappa shape index (κ1) is 24.1. The third-order valence-electron chi connectivity index (χ3n) is 5.03. The standard InChI is InChI=1S/C25H23NO8S/c1-2-31-18-8-10-19(11-9-18)35(29,30)26-21-6-4-3-5-20(21)25(28)34-16-22(27)17-7-12-23-24(15-17)33-14-13-32-23/h3-12,15,26H,2,13-14,16H2,1H3. The molecule has 0 amide bonds. The molecule has 3 aromatic carbocycles. The van der Waals surface area contributed by atoms with E-state index in [2.05, 4.69) is 4.72 Å². The molecule has 0 atom stereocenters. The quantitative estimate of drug-likeness (QED) is 0.351. The Morgan fingerprint density at radius 3 is 2.40 bits per heavy atom. The van der Waals surface area contributed by atoms with Gasteiger partial charge in [-0.25, -0.2) is 13.2 Å². The number of anilines is 1. The van der Waals surface area contributed by atoms with Crippen molar-refractivity contribution in [3.8, 4) is 17.2 Å². The van der Waals surface area contributed by atoms with E-state index < -0.39 is 28.4 Å². The molecular formula is C25H23NO8S. The zero-order valence-electron chi connectivity index (χ0n) is 18.9. The maximum absolute atomic E-state index is 12.8. The first-order valence-corrected chi connectivity index (χ1v) is 12.3. The van der Waals surface area contributed by atoms with Crippen LogP contribution in [0.25, 0.3) is 0 Å². The number of fused-ring (bicyclic) bond motifs is 1. The lowest BCUT2D eigenvalue weighted by Crippen LogP contribution is -2.19. The summed E-state index contributed by atoms with van der Waals surface area (Å²) in [7, 11) is -3.99. The Morgan fingerprint density at radius 1 is 0.943 bits per heavy atom. The summed E-state index contributed by atoms with van der Waals surface area (Å²) < 4.78 is 49.5. The number of ether oxygens (including phenoxy) is 4. The summed E-state index contributed by atoms with van der Waals surface area (Å²) in [5, 5.41) is 0. The van der Waals surface area contributed by atoms with E-state index in [9.17, 15) is 18.0 Å². The Kier molecular flexibility index (Phi) is 7.21. The summed E-state index contributed by atoms with van der Waals surface area (Å²) in [4.78, 5) is 25.2. The van der Waals surface area contributed by atoms with Gasteiger partial charge in [0.25, 0.3) is 10.0 Å². The van der Waals surface area contributed by atoms with Crippen LogP contribution in [0.4, 0.5) is 5.69 Å². The summed E-state index contributed by atoms with van der Waals surface area (Å²) in [6, 6.07) is 16.6. The molecule has 1 heterocycles. The number of carbonyl (C=O) groups is 2. The van der Waals surface area contributed by atoms with Crippen molar-refractivity contribution < 1.29 is 37.0 Å². The molecule has 3 aromatic rings. The number of carbonyl (C=O) groups excluding carboxylic acids is 2. The highest BCUT2D eigenvalue weighted by Crippen LogP contribution is 2.31. The van der Waals surface area contributed by atoms with Gasteiger partial charge in [0, 0.05) is 5.56 Å². The normalized spacial score (nSPS) is 12.5. The first-order chi connectivity index (χ1) is 16.9. The maximum Gasteiger partial charge on any atom is 0.340 e. The molecule has 9 nitrogen and oxygen atoms in total. The fraction of sp³-hybridized carbons (Fsp3) is 0.200. The molecule has 0 spiro atoms. The number of para-hydroxylation sites is 1. The highest BCUT2D eigenvalue weighted by molar-refractivity contribution is 7.92. The Morgan fingerprint density at radius 2 is 1.66 bits per heavy atom. The zero-order valence-corrected chi connectivity index (χ0v) is 19.7. The second-order valence-corrected chi connectivity index (χ2v) is 9.10. The largest absolute Gasteiger partial charge is 0.494 e. The number of esters is 1. The molecule has 0 fully saturated rings. The number of benzene rings is 3. The fourth-order valence-electron chi connectivity index (χ4n) is 3.34. The van der Waals surface area contributed by atoms with Gasteiger partial charge in [0.2, 0.25) is 0 Å². The van der Waals surface area contributed by atoms with E-state index in [1.54, 1.807) is 36.4 Å². The molecule has 0 aromatic heterocycles. The number of sulfonamides is 1. The molecule has 0 unspecified atom stereocenters. The minimum Gasteiger partial charge on any atom is -0.494 e. The third kappa shape index (κ3) is 5.72. The second-order valence-electron chi connectivity index (χ2n) is 7.41. The average Bonchev–Trinajstić information content (AvgIpc) is 2.87. The van der Waals surface area contributed by atoms with E-state index >= 15 is 0 Å². The Hall–Kier alpha value is -4.05. The lowest BCUT2D eigenvalue weighted by Gasteiger charge is -2.18. The van der Waals surface area contributed by atoms with Crippen molar-refractivity contribution in [2.75, 3.05) is 31.1 Å². The number of rotatable bonds is 9. The van der Waals surface area contributed by atoms with Gasteiger partial charge in [-0.3, -0.25) is 9.52 Å². The van der Waals surface area contributed by atoms with E-state index in [1.807, 2.05) is 6.92 Å². The minimum absolute atomic E-state index is 0.00194. The van der Waals surface area contributed by atoms with Crippen LogP contribution in [0.2, 0.25) is 0 Å². The van der Waals surface area contributed by atoms with Gasteiger partial charge in [-0.1, -0.05) is 12.1 Å². The lowest BCUT2D eigenvalue weighted by atomic mass is 10.1. The summed E-state index contributed by atoms with van der Waals surface area (Å²) >= 11 is 0. The van der Waals surface area contributed by atoms with Crippen LogP contribution < -0.4 is 18.9 Å². The Balaban J connectivity index is 1.44. The number of Topliss-reactive ketones (excluding diaryl/α,β-unsaturated/α-hetero) is 1. The van der Waals surface area contributed by atoms with Crippen molar-refractivity contribution in [2.45, 2.75) is 11.8 Å². The van der Waals surface area contributed by atoms with Crippen LogP contribution in [-0.2, 0) is 14.8 Å². The molecule has 182 valence electrons. The molecule has 4 rings (SSSR count). The third-order valence-corrected chi connectivity index (χ3v) is 6.42. The Bertz CT molecular complexity index is 1340. The smallest absolute Gasteiger partial charge is 0.340 e. The maximum atomic E-state index is 12.8. The highest BCUT2D eigenvalue weighted by atomic mass is 32.2. The number of hydrogen-bond acceptors (Lipinski definition) is 8. The highest BCUT2D eigenvalue weighted by Gasteiger charge is 2.21. The van der Waals surface area contributed by atoms with E-state index in [1.165, 1.54) is 30.3 Å². The first-order valence-electron chi connectivity index (χ1n) is 10.8. The van der Waals surface area contributed by atoms with E-state index in [0.29, 0.717) is 42.6 Å². The van der Waals surface area contributed by atoms with Crippen LogP contribution in [0.1, 0.15) is 27.6 Å². The molecular weight excluding hydrogens is 474 g/mol. The molecule has 0 saturated heterocycles. The molecule has 0 radical (unpaired) electrons. The molecule has 1 aliphatic rings. The number of ketones is 1. The van der Waals surface area contributed by atoms with Crippen molar-refractivity contribution in [3.63, 3.8) is 0 Å². The van der Waals surface area contributed by atoms with Crippen LogP contribution in [0, 0.1) is 0 Å². The molecule has 1 N–H and O–H groups in total. The van der Waals surface area contributed by atoms with Gasteiger partial charge in [-0.2, -0.15) is 0 Å². The summed E-state index contributed by atoms with van der Waals surface area (Å²) in [5.74, 6) is 0.239. The topological polar surface area (TPSA) is 117 Å². The van der Waals surface area contributed by atoms with E-state index in [-0.39, 0.29) is 16.1 Å². The van der Waals surface area contributed by atoms with Gasteiger partial charge >= 0.3 is 5.97 Å². The summed E-state index contributed by atoms with van der Waals surface area (Å²) in [5.41, 5.74) is 0.293. The molecule has 1 aliphatic heterocycles.